The Kier molecular flexibility index (Phi) is 5.59. The molecular weight excluding hydrogens is 509 g/mol. The van der Waals surface area contributed by atoms with Gasteiger partial charge in [0.2, 0.25) is 0 Å². The Hall–Kier alpha value is -3.66. The van der Waals surface area contributed by atoms with Gasteiger partial charge in [-0.15, -0.1) is 0 Å². The summed E-state index contributed by atoms with van der Waals surface area (Å²) in [5.74, 6) is -2.01. The Morgan fingerprint density at radius 3 is 2.56 bits per heavy atom. The lowest BCUT2D eigenvalue weighted by Gasteiger charge is -2.32. The first-order valence-corrected chi connectivity index (χ1v) is 13.0. The van der Waals surface area contributed by atoms with Crippen molar-refractivity contribution in [3.63, 3.8) is 0 Å². The second kappa shape index (κ2) is 9.82. The molecule has 204 valence electrons. The molecule has 2 atom stereocenters. The Balaban J connectivity index is 1.46. The molecule has 6 rings (SSSR count). The monoisotopic (exact) mass is 541 g/mol. The molecule has 1 aliphatic heterocycles. The molecule has 3 heterocycles. The third-order valence-electron chi connectivity index (χ3n) is 7.94. The molecule has 39 heavy (non-hydrogen) atoms. The van der Waals surface area contributed by atoms with E-state index in [1.807, 2.05) is 36.6 Å². The molecule has 0 spiro atoms. The van der Waals surface area contributed by atoms with Gasteiger partial charge in [0.15, 0.2) is 17.8 Å². The predicted molar refractivity (Wildman–Crippen MR) is 139 cm³/mol. The van der Waals surface area contributed by atoms with Crippen LogP contribution in [0.15, 0.2) is 40.9 Å². The minimum atomic E-state index is -2.50. The van der Waals surface area contributed by atoms with Crippen LogP contribution in [-0.4, -0.2) is 39.9 Å². The summed E-state index contributed by atoms with van der Waals surface area (Å²) in [4.78, 5) is 19.1. The number of amides is 1. The lowest BCUT2D eigenvalue weighted by Crippen LogP contribution is -2.32. The van der Waals surface area contributed by atoms with Crippen LogP contribution >= 0.6 is 0 Å². The molecular formula is C29H29F3N4O3. The highest BCUT2D eigenvalue weighted by Crippen LogP contribution is 2.43. The predicted octanol–water partition coefficient (Wildman–Crippen LogP) is 6.53. The smallest absolute Gasteiger partial charge is 0.262 e. The summed E-state index contributed by atoms with van der Waals surface area (Å²) in [7, 11) is -2.50. The Morgan fingerprint density at radius 1 is 1.08 bits per heavy atom. The number of carbonyl (C=O) groups is 1. The molecule has 0 bridgehead atoms. The number of ether oxygens (including phenoxy) is 1. The summed E-state index contributed by atoms with van der Waals surface area (Å²) in [5, 5.41) is 4.04. The molecule has 0 unspecified atom stereocenters. The fourth-order valence-corrected chi connectivity index (χ4v) is 6.08. The molecule has 4 aromatic rings. The summed E-state index contributed by atoms with van der Waals surface area (Å²) in [6.07, 6.45) is -0.387. The maximum absolute atomic E-state index is 15.1. The van der Waals surface area contributed by atoms with Crippen LogP contribution in [0.1, 0.15) is 65.6 Å². The van der Waals surface area contributed by atoms with Crippen molar-refractivity contribution in [2.24, 2.45) is 0 Å². The minimum absolute atomic E-state index is 0.0360. The normalized spacial score (nSPS) is 25.2. The first-order valence-electron chi connectivity index (χ1n) is 14.5. The van der Waals surface area contributed by atoms with E-state index in [1.165, 1.54) is 6.07 Å². The van der Waals surface area contributed by atoms with Gasteiger partial charge >= 0.3 is 0 Å². The van der Waals surface area contributed by atoms with Crippen molar-refractivity contribution in [1.29, 1.82) is 0 Å². The zero-order valence-electron chi connectivity index (χ0n) is 24.5. The number of anilines is 1. The largest absolute Gasteiger partial charge is 0.381 e. The van der Waals surface area contributed by atoms with Gasteiger partial charge in [-0.25, -0.2) is 18.2 Å². The number of carbonyl (C=O) groups excluding carboxylic acids is 1. The van der Waals surface area contributed by atoms with Crippen LogP contribution in [0.5, 0.6) is 0 Å². The average molecular weight is 542 g/mol. The van der Waals surface area contributed by atoms with Gasteiger partial charge in [0.1, 0.15) is 11.6 Å². The third-order valence-corrected chi connectivity index (χ3v) is 7.94. The van der Waals surface area contributed by atoms with Crippen molar-refractivity contribution in [2.45, 2.75) is 70.3 Å². The van der Waals surface area contributed by atoms with Crippen molar-refractivity contribution < 1.29 is 31.3 Å². The molecule has 7 nitrogen and oxygen atoms in total. The van der Waals surface area contributed by atoms with Gasteiger partial charge in [-0.1, -0.05) is 11.2 Å². The van der Waals surface area contributed by atoms with E-state index in [9.17, 15) is 13.6 Å². The number of nitrogens with zero attached hydrogens (tertiary/aromatic N) is 4. The van der Waals surface area contributed by atoms with E-state index in [1.54, 1.807) is 0 Å². The quantitative estimate of drug-likeness (QED) is 0.287. The molecule has 1 saturated heterocycles. The Labute approximate surface area is 227 Å². The number of alkyl halides is 1. The van der Waals surface area contributed by atoms with Crippen LogP contribution < -0.4 is 4.90 Å². The topological polar surface area (TPSA) is 73.4 Å². The molecule has 0 N–H and O–H groups in total. The molecule has 1 aliphatic carbocycles. The lowest BCUT2D eigenvalue weighted by atomic mass is 9.92. The first-order chi connectivity index (χ1) is 19.9. The zero-order valence-corrected chi connectivity index (χ0v) is 21.5. The van der Waals surface area contributed by atoms with Crippen molar-refractivity contribution in [1.82, 2.24) is 14.7 Å². The SMILES string of the molecule is [2H]C([2H])([2H])OC1CCC(n2c([C@@H]3C[C@H](F)C(=O)N3c3ccc(F)c(F)c3)nc3cc(-c4c(C)noc4C)ccc32)CC1. The van der Waals surface area contributed by atoms with Gasteiger partial charge in [0, 0.05) is 36.8 Å². The number of methoxy groups -OCH3 is 1. The van der Waals surface area contributed by atoms with Crippen molar-refractivity contribution in [2.75, 3.05) is 11.9 Å². The van der Waals surface area contributed by atoms with E-state index in [0.29, 0.717) is 48.5 Å². The maximum Gasteiger partial charge on any atom is 0.262 e. The van der Waals surface area contributed by atoms with Gasteiger partial charge < -0.3 is 13.8 Å². The summed E-state index contributed by atoms with van der Waals surface area (Å²) >= 11 is 0. The number of rotatable bonds is 5. The van der Waals surface area contributed by atoms with E-state index in [2.05, 4.69) is 5.16 Å². The van der Waals surface area contributed by atoms with Crippen LogP contribution in [0.3, 0.4) is 0 Å². The van der Waals surface area contributed by atoms with Crippen molar-refractivity contribution >= 4 is 22.6 Å². The van der Waals surface area contributed by atoms with E-state index in [0.717, 1.165) is 33.7 Å². The van der Waals surface area contributed by atoms with Crippen LogP contribution in [0.25, 0.3) is 22.2 Å². The van der Waals surface area contributed by atoms with Crippen LogP contribution in [-0.2, 0) is 9.53 Å². The van der Waals surface area contributed by atoms with Crippen LogP contribution in [0, 0.1) is 25.5 Å². The summed E-state index contributed by atoms with van der Waals surface area (Å²) < 4.78 is 78.0. The lowest BCUT2D eigenvalue weighted by molar-refractivity contribution is -0.121. The van der Waals surface area contributed by atoms with Crippen molar-refractivity contribution in [3.8, 4) is 11.1 Å². The number of benzene rings is 2. The number of hydrogen-bond donors (Lipinski definition) is 0. The van der Waals surface area contributed by atoms with E-state index >= 15 is 4.39 Å². The highest BCUT2D eigenvalue weighted by Gasteiger charge is 2.45. The van der Waals surface area contributed by atoms with Gasteiger partial charge in [-0.2, -0.15) is 0 Å². The highest BCUT2D eigenvalue weighted by molar-refractivity contribution is 5.99. The van der Waals surface area contributed by atoms with Crippen LogP contribution in [0.4, 0.5) is 18.9 Å². The molecule has 10 heteroatoms. The molecule has 2 aromatic carbocycles. The molecule has 1 saturated carbocycles. The fourth-order valence-electron chi connectivity index (χ4n) is 6.08. The number of aromatic nitrogens is 3. The number of imidazole rings is 1. The van der Waals surface area contributed by atoms with Gasteiger partial charge in [0.25, 0.3) is 5.91 Å². The number of aryl methyl sites for hydroxylation is 2. The summed E-state index contributed by atoms with van der Waals surface area (Å²) in [6, 6.07) is 7.73. The second-order valence-corrected chi connectivity index (χ2v) is 10.3. The molecule has 2 aromatic heterocycles. The van der Waals surface area contributed by atoms with Gasteiger partial charge in [-0.3, -0.25) is 9.69 Å². The Bertz CT molecular complexity index is 1640. The number of halogens is 3. The summed E-state index contributed by atoms with van der Waals surface area (Å²) in [5.41, 5.74) is 3.76. The van der Waals surface area contributed by atoms with E-state index in [4.69, 9.17) is 18.4 Å². The zero-order chi connectivity index (χ0) is 29.9. The maximum atomic E-state index is 15.1. The molecule has 0 radical (unpaired) electrons. The third kappa shape index (κ3) is 4.30. The molecule has 2 aliphatic rings. The van der Waals surface area contributed by atoms with Crippen molar-refractivity contribution in [3.05, 3.63) is 65.3 Å². The standard InChI is InChI=1S/C29H29F3N4O3/c1-15-27(16(2)39-34-15)17-4-11-25-24(12-17)33-28(35(25)18-5-8-20(38-3)9-6-18)26-14-23(32)29(37)36(26)19-7-10-21(30)22(31)13-19/h4,7,10-13,18,20,23,26H,5-6,8-9,14H2,1-3H3/t18?,20?,23-,26-/m0/s1/i3D3. The highest BCUT2D eigenvalue weighted by atomic mass is 19.2. The summed E-state index contributed by atoms with van der Waals surface area (Å²) in [6.45, 7) is 3.65. The average Bonchev–Trinajstić information content (AvgIpc) is 3.57. The first kappa shape index (κ1) is 22.2. The van der Waals surface area contributed by atoms with Gasteiger partial charge in [0.05, 0.1) is 33.0 Å². The van der Waals surface area contributed by atoms with Gasteiger partial charge in [-0.05, 0) is 69.4 Å². The van der Waals surface area contributed by atoms with E-state index in [-0.39, 0.29) is 18.2 Å². The second-order valence-electron chi connectivity index (χ2n) is 10.3. The molecule has 1 amide bonds. The number of hydrogen-bond acceptors (Lipinski definition) is 5. The Morgan fingerprint density at radius 2 is 1.87 bits per heavy atom. The number of fused-ring (bicyclic) bond motifs is 1. The van der Waals surface area contributed by atoms with Crippen LogP contribution in [0.2, 0.25) is 0 Å². The fraction of sp³-hybridized carbons (Fsp3) is 0.414. The molecule has 2 fully saturated rings. The van der Waals surface area contributed by atoms with E-state index < -0.39 is 42.9 Å². The minimum Gasteiger partial charge on any atom is -0.381 e.